The summed E-state index contributed by atoms with van der Waals surface area (Å²) in [5, 5.41) is 21.3. The second-order valence-corrected chi connectivity index (χ2v) is 24.3. The molecular formula is C50H90Cl4N2O2Ti2-2. The van der Waals surface area contributed by atoms with E-state index in [1.165, 1.54) is 11.1 Å². The van der Waals surface area contributed by atoms with Crippen LogP contribution in [0.15, 0.2) is 24.3 Å². The predicted molar refractivity (Wildman–Crippen MR) is 264 cm³/mol. The van der Waals surface area contributed by atoms with Gasteiger partial charge in [-0.1, -0.05) is 135 Å². The molecular weight excluding hydrogens is 898 g/mol. The summed E-state index contributed by atoms with van der Waals surface area (Å²) >= 11 is -1.11. The predicted octanol–water partition coefficient (Wildman–Crippen LogP) is 16.4. The fraction of sp³-hybridized carbons (Fsp3) is 0.720. The molecule has 0 unspecified atom stereocenters. The van der Waals surface area contributed by atoms with E-state index >= 15 is 0 Å². The van der Waals surface area contributed by atoms with E-state index in [0.717, 1.165) is 108 Å². The van der Waals surface area contributed by atoms with Crippen molar-refractivity contribution in [1.82, 2.24) is 9.80 Å². The van der Waals surface area contributed by atoms with Crippen LogP contribution in [-0.2, 0) is 47.2 Å². The van der Waals surface area contributed by atoms with Crippen molar-refractivity contribution in [2.24, 2.45) is 59.2 Å². The molecule has 0 radical (unpaired) electrons. The Morgan fingerprint density at radius 3 is 0.950 bits per heavy atom. The van der Waals surface area contributed by atoms with E-state index in [-0.39, 0.29) is 32.6 Å². The molecule has 2 aliphatic rings. The number of halogens is 4. The molecule has 2 aliphatic carbocycles. The van der Waals surface area contributed by atoms with E-state index in [1.807, 2.05) is 6.92 Å². The van der Waals surface area contributed by atoms with Gasteiger partial charge in [-0.25, -0.2) is 0 Å². The first-order valence-electron chi connectivity index (χ1n) is 21.8. The molecule has 10 heteroatoms. The number of rotatable bonds is 10. The number of nitrogens with zero attached hydrogens (tertiary/aromatic N) is 2. The van der Waals surface area contributed by atoms with Crippen molar-refractivity contribution in [3.63, 3.8) is 0 Å². The van der Waals surface area contributed by atoms with Gasteiger partial charge in [-0.05, 0) is 131 Å². The molecule has 0 atom stereocenters. The molecule has 4 rings (SSSR count). The van der Waals surface area contributed by atoms with Crippen molar-refractivity contribution in [1.29, 1.82) is 0 Å². The zero-order valence-electron chi connectivity index (χ0n) is 41.9. The summed E-state index contributed by atoms with van der Waals surface area (Å²) in [5.41, 5.74) is 6.49. The van der Waals surface area contributed by atoms with Gasteiger partial charge in [-0.3, -0.25) is 4.90 Å². The van der Waals surface area contributed by atoms with Gasteiger partial charge >= 0.3 is 71.3 Å². The first-order valence-corrected chi connectivity index (χ1v) is 30.4. The third-order valence-electron chi connectivity index (χ3n) is 14.5. The number of benzene rings is 2. The molecule has 0 bridgehead atoms. The van der Waals surface area contributed by atoms with Crippen LogP contribution < -0.4 is 0 Å². The average Bonchev–Trinajstić information content (AvgIpc) is 3.42. The molecule has 60 heavy (non-hydrogen) atoms. The first kappa shape index (κ1) is 64.8. The zero-order valence-corrected chi connectivity index (χ0v) is 48.1. The van der Waals surface area contributed by atoms with Gasteiger partial charge in [0.15, 0.2) is 0 Å². The van der Waals surface area contributed by atoms with Crippen LogP contribution in [0.2, 0.25) is 0 Å². The summed E-state index contributed by atoms with van der Waals surface area (Å²) in [6, 6.07) is 8.62. The van der Waals surface area contributed by atoms with Crippen LogP contribution in [0.1, 0.15) is 162 Å². The van der Waals surface area contributed by atoms with Crippen LogP contribution in [0.3, 0.4) is 0 Å². The number of phenols is 2. The Balaban J connectivity index is -0.000000940. The molecule has 2 aromatic carbocycles. The van der Waals surface area contributed by atoms with E-state index < -0.39 is 34.1 Å². The summed E-state index contributed by atoms with van der Waals surface area (Å²) in [7, 11) is 23.8. The van der Waals surface area contributed by atoms with Crippen LogP contribution >= 0.6 is 37.2 Å². The van der Waals surface area contributed by atoms with Gasteiger partial charge in [0.2, 0.25) is 0 Å². The Labute approximate surface area is 406 Å². The topological polar surface area (TPSA) is 46.9 Å². The van der Waals surface area contributed by atoms with Crippen LogP contribution in [0.25, 0.3) is 0 Å². The molecule has 2 N–H and O–H groups in total. The van der Waals surface area contributed by atoms with Crippen molar-refractivity contribution in [3.05, 3.63) is 72.5 Å². The maximum atomic E-state index is 10.8. The van der Waals surface area contributed by atoms with Crippen LogP contribution in [0.5, 0.6) is 11.5 Å². The normalized spacial score (nSPS) is 25.5. The summed E-state index contributed by atoms with van der Waals surface area (Å²) in [5.74, 6) is 11.1. The third-order valence-corrected chi connectivity index (χ3v) is 14.5. The SMILES string of the molecule is CC1C(C)C(C)C(C)C1C.CC1C(C)C(C)C(C)C1C.Cc1cc(CN(CCN(C)C)Cc2cc(C(C)C)c(O)c(C(C)C)c2)cc(C(C)C)c1O.[CH3-].[CH3-].[Cl][Ti][Cl].[Cl][Ti][Cl]. The second-order valence-electron chi connectivity index (χ2n) is 19.2. The van der Waals surface area contributed by atoms with E-state index in [0.29, 0.717) is 11.5 Å². The van der Waals surface area contributed by atoms with Crippen molar-refractivity contribution < 1.29 is 44.3 Å². The maximum absolute atomic E-state index is 10.8. The van der Waals surface area contributed by atoms with Gasteiger partial charge < -0.3 is 30.0 Å². The van der Waals surface area contributed by atoms with Crippen LogP contribution in [-0.4, -0.2) is 47.2 Å². The van der Waals surface area contributed by atoms with Gasteiger partial charge in [0.25, 0.3) is 0 Å². The second kappa shape index (κ2) is 32.3. The molecule has 0 aliphatic heterocycles. The molecule has 350 valence electrons. The third kappa shape index (κ3) is 20.4. The van der Waals surface area contributed by atoms with Crippen LogP contribution in [0.4, 0.5) is 0 Å². The molecule has 2 saturated carbocycles. The van der Waals surface area contributed by atoms with Crippen molar-refractivity contribution >= 4 is 37.2 Å². The fourth-order valence-corrected chi connectivity index (χ4v) is 8.99. The Bertz CT molecular complexity index is 1290. The standard InChI is InChI=1S/C28H44N2O2.2C10H20.2CH3.4ClH.2Ti/c1-18(2)24-13-22(12-21(7)27(24)31)16-30(11-10-29(8)9)17-23-14-25(19(3)4)28(32)26(15-23)20(5)6;2*1-6-7(2)9(4)10(5)8(6)3;;;;;;;;/h12-15,18-20,31-32H,10-11,16-17H2,1-9H3;2*6-10H,1-5H3;2*1H3;4*1H;;/q;;;2*-1;;;;;2*+2/p-4. The first-order chi connectivity index (χ1) is 26.8. The summed E-state index contributed by atoms with van der Waals surface area (Å²) in [6.07, 6.45) is 0. The molecule has 0 saturated heterocycles. The number of hydrogen-bond acceptors (Lipinski definition) is 4. The van der Waals surface area contributed by atoms with Gasteiger partial charge in [-0.2, -0.15) is 0 Å². The number of aromatic hydroxyl groups is 2. The number of likely N-dealkylation sites (N-methyl/N-ethyl adjacent to an activating group) is 1. The monoisotopic (exact) mass is 986 g/mol. The quantitative estimate of drug-likeness (QED) is 0.184. The molecule has 0 spiro atoms. The Morgan fingerprint density at radius 1 is 0.483 bits per heavy atom. The van der Waals surface area contributed by atoms with E-state index in [1.54, 1.807) is 0 Å². The van der Waals surface area contributed by atoms with E-state index in [9.17, 15) is 10.2 Å². The van der Waals surface area contributed by atoms with Crippen molar-refractivity contribution in [2.45, 2.75) is 149 Å². The number of aryl methyl sites for hydroxylation is 1. The van der Waals surface area contributed by atoms with Gasteiger partial charge in [0.05, 0.1) is 0 Å². The summed E-state index contributed by atoms with van der Waals surface area (Å²) in [4.78, 5) is 4.68. The number of hydrogen-bond donors (Lipinski definition) is 2. The number of phenolic OH excluding ortho intramolecular Hbond substituents is 2. The Morgan fingerprint density at radius 2 is 0.717 bits per heavy atom. The van der Waals surface area contributed by atoms with Gasteiger partial charge in [0, 0.05) is 26.2 Å². The van der Waals surface area contributed by atoms with Crippen LogP contribution in [0, 0.1) is 81.0 Å². The summed E-state index contributed by atoms with van der Waals surface area (Å²) in [6.45, 7) is 42.3. The molecule has 0 aromatic heterocycles. The minimum absolute atomic E-state index is 0. The summed E-state index contributed by atoms with van der Waals surface area (Å²) < 4.78 is 0. The molecule has 0 amide bonds. The minimum atomic E-state index is -0.556. The van der Waals surface area contributed by atoms with E-state index in [4.69, 9.17) is 37.2 Å². The van der Waals surface area contributed by atoms with Crippen molar-refractivity contribution in [3.8, 4) is 11.5 Å². The average molecular weight is 989 g/mol. The van der Waals surface area contributed by atoms with Gasteiger partial charge in [-0.15, -0.1) is 0 Å². The van der Waals surface area contributed by atoms with Gasteiger partial charge in [0.1, 0.15) is 11.5 Å². The van der Waals surface area contributed by atoms with E-state index in [2.05, 4.69) is 159 Å². The molecule has 0 heterocycles. The Kier molecular flexibility index (Phi) is 34.9. The molecule has 2 fully saturated rings. The Hall–Kier alpha value is 0.549. The fourth-order valence-electron chi connectivity index (χ4n) is 8.99. The van der Waals surface area contributed by atoms with Crippen molar-refractivity contribution in [2.75, 3.05) is 27.2 Å². The zero-order chi connectivity index (χ0) is 45.4. The molecule has 4 nitrogen and oxygen atoms in total. The molecule has 2 aromatic rings.